The van der Waals surface area contributed by atoms with Crippen LogP contribution in [0.25, 0.3) is 0 Å². The Morgan fingerprint density at radius 2 is 2.00 bits per heavy atom. The van der Waals surface area contributed by atoms with E-state index in [-0.39, 0.29) is 12.2 Å². The third kappa shape index (κ3) is 2.71. The van der Waals surface area contributed by atoms with Crippen molar-refractivity contribution in [2.24, 2.45) is 0 Å². The van der Waals surface area contributed by atoms with E-state index in [1.165, 1.54) is 5.56 Å². The standard InChI is InChI=1S/C13H15NO3/c1-9(15)10-2-3-11-7-14(5-4-13(16)17)8-12(11)6-10/h2-3,6H,4-5,7-8H2,1H3,(H,16,17). The van der Waals surface area contributed by atoms with Gasteiger partial charge in [0.25, 0.3) is 0 Å². The van der Waals surface area contributed by atoms with Crippen LogP contribution in [-0.4, -0.2) is 28.3 Å². The number of Topliss-reactive ketones (excluding diaryl/α,β-unsaturated/α-hetero) is 1. The smallest absolute Gasteiger partial charge is 0.304 e. The van der Waals surface area contributed by atoms with E-state index in [1.54, 1.807) is 6.92 Å². The van der Waals surface area contributed by atoms with Crippen molar-refractivity contribution in [1.29, 1.82) is 0 Å². The number of aliphatic carboxylic acids is 1. The van der Waals surface area contributed by atoms with Gasteiger partial charge in [-0.25, -0.2) is 0 Å². The number of carboxylic acids is 1. The van der Waals surface area contributed by atoms with Crippen LogP contribution in [-0.2, 0) is 17.9 Å². The van der Waals surface area contributed by atoms with Crippen LogP contribution in [0.15, 0.2) is 18.2 Å². The molecule has 0 aliphatic carbocycles. The molecular formula is C13H15NO3. The van der Waals surface area contributed by atoms with Gasteiger partial charge in [0.05, 0.1) is 6.42 Å². The molecule has 0 atom stereocenters. The Hall–Kier alpha value is -1.68. The normalized spacial score (nSPS) is 14.6. The molecule has 0 unspecified atom stereocenters. The molecule has 1 aromatic rings. The number of carboxylic acid groups (broad SMARTS) is 1. The first-order chi connectivity index (χ1) is 8.06. The van der Waals surface area contributed by atoms with Crippen LogP contribution >= 0.6 is 0 Å². The Kier molecular flexibility index (Phi) is 3.24. The van der Waals surface area contributed by atoms with Crippen molar-refractivity contribution in [3.63, 3.8) is 0 Å². The Bertz CT molecular complexity index is 468. The van der Waals surface area contributed by atoms with Crippen molar-refractivity contribution in [1.82, 2.24) is 4.90 Å². The Balaban J connectivity index is 2.06. The van der Waals surface area contributed by atoms with Crippen LogP contribution in [0.1, 0.15) is 34.8 Å². The molecule has 1 aliphatic heterocycles. The van der Waals surface area contributed by atoms with Gasteiger partial charge in [-0.05, 0) is 24.1 Å². The van der Waals surface area contributed by atoms with Gasteiger partial charge in [-0.1, -0.05) is 12.1 Å². The second-order valence-corrected chi connectivity index (χ2v) is 4.39. The average molecular weight is 233 g/mol. The van der Waals surface area contributed by atoms with Gasteiger partial charge >= 0.3 is 5.97 Å². The first kappa shape index (κ1) is 11.8. The Labute approximate surface area is 99.9 Å². The van der Waals surface area contributed by atoms with Crippen LogP contribution < -0.4 is 0 Å². The molecule has 0 spiro atoms. The number of nitrogens with zero attached hydrogens (tertiary/aromatic N) is 1. The lowest BCUT2D eigenvalue weighted by atomic mass is 10.0. The van der Waals surface area contributed by atoms with Gasteiger partial charge in [0.2, 0.25) is 0 Å². The molecule has 1 heterocycles. The summed E-state index contributed by atoms with van der Waals surface area (Å²) in [5.41, 5.74) is 3.06. The van der Waals surface area contributed by atoms with Crippen LogP contribution in [0.3, 0.4) is 0 Å². The lowest BCUT2D eigenvalue weighted by Crippen LogP contribution is -2.20. The second-order valence-electron chi connectivity index (χ2n) is 4.39. The van der Waals surface area contributed by atoms with Gasteiger partial charge in [-0.15, -0.1) is 0 Å². The number of carbonyl (C=O) groups is 2. The van der Waals surface area contributed by atoms with E-state index in [0.717, 1.165) is 24.2 Å². The third-order valence-electron chi connectivity index (χ3n) is 3.04. The molecule has 4 heteroatoms. The molecular weight excluding hydrogens is 218 g/mol. The van der Waals surface area contributed by atoms with Crippen molar-refractivity contribution in [2.45, 2.75) is 26.4 Å². The fraction of sp³-hybridized carbons (Fsp3) is 0.385. The van der Waals surface area contributed by atoms with Gasteiger partial charge in [0, 0.05) is 25.2 Å². The van der Waals surface area contributed by atoms with E-state index in [9.17, 15) is 9.59 Å². The molecule has 1 aliphatic rings. The minimum atomic E-state index is -0.773. The molecule has 0 radical (unpaired) electrons. The highest BCUT2D eigenvalue weighted by Gasteiger charge is 2.19. The molecule has 17 heavy (non-hydrogen) atoms. The number of hydrogen-bond acceptors (Lipinski definition) is 3. The zero-order valence-electron chi connectivity index (χ0n) is 9.77. The van der Waals surface area contributed by atoms with Crippen LogP contribution in [0.2, 0.25) is 0 Å². The summed E-state index contributed by atoms with van der Waals surface area (Å²) < 4.78 is 0. The fourth-order valence-electron chi connectivity index (χ4n) is 2.10. The summed E-state index contributed by atoms with van der Waals surface area (Å²) in [5, 5.41) is 8.64. The summed E-state index contributed by atoms with van der Waals surface area (Å²) >= 11 is 0. The summed E-state index contributed by atoms with van der Waals surface area (Å²) in [6.07, 6.45) is 0.160. The summed E-state index contributed by atoms with van der Waals surface area (Å²) in [5.74, 6) is -0.706. The molecule has 90 valence electrons. The maximum absolute atomic E-state index is 11.3. The summed E-state index contributed by atoms with van der Waals surface area (Å²) in [7, 11) is 0. The molecule has 2 rings (SSSR count). The first-order valence-electron chi connectivity index (χ1n) is 5.63. The highest BCUT2D eigenvalue weighted by molar-refractivity contribution is 5.94. The SMILES string of the molecule is CC(=O)c1ccc2c(c1)CN(CCC(=O)O)C2. The number of hydrogen-bond donors (Lipinski definition) is 1. The molecule has 0 aromatic heterocycles. The zero-order chi connectivity index (χ0) is 12.4. The van der Waals surface area contributed by atoms with E-state index in [2.05, 4.69) is 4.90 Å². The zero-order valence-corrected chi connectivity index (χ0v) is 9.77. The van der Waals surface area contributed by atoms with E-state index in [1.807, 2.05) is 18.2 Å². The van der Waals surface area contributed by atoms with Crippen LogP contribution in [0.4, 0.5) is 0 Å². The van der Waals surface area contributed by atoms with Crippen molar-refractivity contribution in [2.75, 3.05) is 6.54 Å². The Morgan fingerprint density at radius 1 is 1.29 bits per heavy atom. The predicted molar refractivity (Wildman–Crippen MR) is 62.8 cm³/mol. The van der Waals surface area contributed by atoms with E-state index in [4.69, 9.17) is 5.11 Å². The number of rotatable bonds is 4. The van der Waals surface area contributed by atoms with Gasteiger partial charge in [0.15, 0.2) is 5.78 Å². The molecule has 0 fully saturated rings. The minimum Gasteiger partial charge on any atom is -0.481 e. The summed E-state index contributed by atoms with van der Waals surface area (Å²) in [4.78, 5) is 23.8. The van der Waals surface area contributed by atoms with Gasteiger partial charge < -0.3 is 5.11 Å². The highest BCUT2D eigenvalue weighted by Crippen LogP contribution is 2.24. The lowest BCUT2D eigenvalue weighted by molar-refractivity contribution is -0.137. The van der Waals surface area contributed by atoms with Crippen molar-refractivity contribution >= 4 is 11.8 Å². The van der Waals surface area contributed by atoms with Gasteiger partial charge in [-0.3, -0.25) is 14.5 Å². The first-order valence-corrected chi connectivity index (χ1v) is 5.63. The molecule has 1 N–H and O–H groups in total. The second kappa shape index (κ2) is 4.67. The molecule has 4 nitrogen and oxygen atoms in total. The number of carbonyl (C=O) groups excluding carboxylic acids is 1. The predicted octanol–water partition coefficient (Wildman–Crippen LogP) is 1.68. The van der Waals surface area contributed by atoms with Gasteiger partial charge in [0.1, 0.15) is 0 Å². The number of ketones is 1. The molecule has 0 saturated carbocycles. The monoisotopic (exact) mass is 233 g/mol. The molecule has 1 aromatic carbocycles. The highest BCUT2D eigenvalue weighted by atomic mass is 16.4. The largest absolute Gasteiger partial charge is 0.481 e. The lowest BCUT2D eigenvalue weighted by Gasteiger charge is -2.12. The molecule has 0 saturated heterocycles. The van der Waals surface area contributed by atoms with Crippen LogP contribution in [0, 0.1) is 0 Å². The number of benzene rings is 1. The van der Waals surface area contributed by atoms with E-state index < -0.39 is 5.97 Å². The molecule has 0 amide bonds. The van der Waals surface area contributed by atoms with Crippen molar-refractivity contribution in [3.8, 4) is 0 Å². The minimum absolute atomic E-state index is 0.0665. The summed E-state index contributed by atoms with van der Waals surface area (Å²) in [6, 6.07) is 5.72. The maximum atomic E-state index is 11.3. The number of fused-ring (bicyclic) bond motifs is 1. The van der Waals surface area contributed by atoms with Crippen molar-refractivity contribution < 1.29 is 14.7 Å². The summed E-state index contributed by atoms with van der Waals surface area (Å²) in [6.45, 7) is 3.63. The topological polar surface area (TPSA) is 57.6 Å². The Morgan fingerprint density at radius 3 is 2.65 bits per heavy atom. The van der Waals surface area contributed by atoms with Crippen LogP contribution in [0.5, 0.6) is 0 Å². The van der Waals surface area contributed by atoms with E-state index >= 15 is 0 Å². The van der Waals surface area contributed by atoms with E-state index in [0.29, 0.717) is 6.54 Å². The molecule has 0 bridgehead atoms. The maximum Gasteiger partial charge on any atom is 0.304 e. The quantitative estimate of drug-likeness (QED) is 0.804. The third-order valence-corrected chi connectivity index (χ3v) is 3.04. The fourth-order valence-corrected chi connectivity index (χ4v) is 2.10. The van der Waals surface area contributed by atoms with Gasteiger partial charge in [-0.2, -0.15) is 0 Å². The van der Waals surface area contributed by atoms with Crippen molar-refractivity contribution in [3.05, 3.63) is 34.9 Å². The average Bonchev–Trinajstić information content (AvgIpc) is 2.67.